The van der Waals surface area contributed by atoms with Crippen LogP contribution in [-0.2, 0) is 5.75 Å². The van der Waals surface area contributed by atoms with Gasteiger partial charge in [0.1, 0.15) is 16.9 Å². The van der Waals surface area contributed by atoms with Gasteiger partial charge in [0.15, 0.2) is 0 Å². The Morgan fingerprint density at radius 2 is 2.07 bits per heavy atom. The smallest absolute Gasteiger partial charge is 0.294 e. The number of thioether (sulfide) groups is 1. The van der Waals surface area contributed by atoms with Gasteiger partial charge in [-0.25, -0.2) is 9.67 Å². The van der Waals surface area contributed by atoms with Crippen molar-refractivity contribution in [1.29, 1.82) is 0 Å². The molecule has 138 valence electrons. The Kier molecular flexibility index (Phi) is 4.16. The predicted octanol–water partition coefficient (Wildman–Crippen LogP) is 3.45. The molecule has 0 aliphatic heterocycles. The van der Waals surface area contributed by atoms with Gasteiger partial charge >= 0.3 is 0 Å². The molecule has 3 heterocycles. The fraction of sp³-hybridized carbons (Fsp3) is 0.389. The third-order valence-corrected chi connectivity index (χ3v) is 5.95. The van der Waals surface area contributed by atoms with Crippen molar-refractivity contribution in [2.75, 3.05) is 0 Å². The molecule has 1 N–H and O–H groups in total. The van der Waals surface area contributed by atoms with Crippen LogP contribution in [0, 0.1) is 0 Å². The highest BCUT2D eigenvalue weighted by molar-refractivity contribution is 7.98. The van der Waals surface area contributed by atoms with E-state index in [0.717, 1.165) is 23.4 Å². The molecule has 1 aliphatic rings. The van der Waals surface area contributed by atoms with Gasteiger partial charge in [0.2, 0.25) is 10.7 Å². The first kappa shape index (κ1) is 16.5. The van der Waals surface area contributed by atoms with Gasteiger partial charge in [-0.05, 0) is 35.4 Å². The molecule has 4 aromatic rings. The fourth-order valence-corrected chi connectivity index (χ4v) is 4.50. The van der Waals surface area contributed by atoms with Gasteiger partial charge in [-0.15, -0.1) is 5.10 Å². The molecule has 0 spiro atoms. The lowest BCUT2D eigenvalue weighted by Gasteiger charge is -2.21. The quantitative estimate of drug-likeness (QED) is 0.539. The molecule has 0 amide bonds. The average Bonchev–Trinajstić information content (AvgIpc) is 3.32. The maximum atomic E-state index is 12.4. The molecule has 5 rings (SSSR count). The summed E-state index contributed by atoms with van der Waals surface area (Å²) in [5, 5.41) is 13.8. The molecule has 0 unspecified atom stereocenters. The summed E-state index contributed by atoms with van der Waals surface area (Å²) in [5.41, 5.74) is 1.25. The summed E-state index contributed by atoms with van der Waals surface area (Å²) >= 11 is 1.49. The summed E-state index contributed by atoms with van der Waals surface area (Å²) in [5.74, 6) is 1.07. The van der Waals surface area contributed by atoms with Crippen LogP contribution in [0.3, 0.4) is 0 Å². The fourth-order valence-electron chi connectivity index (χ4n) is 3.68. The molecule has 0 saturated heterocycles. The second-order valence-corrected chi connectivity index (χ2v) is 7.72. The standard InChI is InChI=1S/C18H18N6O2S/c25-17-16-15(12-8-4-5-9-13(12)26-16)19-14(20-17)10-27-18-21-22-23-24(18)11-6-2-1-3-7-11/h4-5,8-9,11H,1-3,6-7,10H2,(H,19,20,25). The highest BCUT2D eigenvalue weighted by Crippen LogP contribution is 2.31. The Balaban J connectivity index is 1.43. The highest BCUT2D eigenvalue weighted by atomic mass is 32.2. The van der Waals surface area contributed by atoms with Crippen LogP contribution >= 0.6 is 11.8 Å². The molecule has 1 aromatic carbocycles. The number of nitrogens with zero attached hydrogens (tertiary/aromatic N) is 5. The van der Waals surface area contributed by atoms with Gasteiger partial charge in [0, 0.05) is 5.39 Å². The van der Waals surface area contributed by atoms with Crippen molar-refractivity contribution in [2.45, 2.75) is 49.1 Å². The van der Waals surface area contributed by atoms with Crippen molar-refractivity contribution in [3.8, 4) is 0 Å². The van der Waals surface area contributed by atoms with Crippen LogP contribution in [0.25, 0.3) is 22.1 Å². The minimum atomic E-state index is -0.265. The number of aromatic amines is 1. The van der Waals surface area contributed by atoms with Crippen molar-refractivity contribution >= 4 is 33.8 Å². The zero-order valence-electron chi connectivity index (χ0n) is 14.6. The second kappa shape index (κ2) is 6.80. The number of H-pyrrole nitrogens is 1. The van der Waals surface area contributed by atoms with Crippen LogP contribution in [0.2, 0.25) is 0 Å². The number of para-hydroxylation sites is 1. The van der Waals surface area contributed by atoms with Crippen LogP contribution in [0.1, 0.15) is 44.0 Å². The van der Waals surface area contributed by atoms with E-state index in [1.165, 1.54) is 31.0 Å². The zero-order chi connectivity index (χ0) is 18.2. The Labute approximate surface area is 158 Å². The predicted molar refractivity (Wildman–Crippen MR) is 102 cm³/mol. The topological polar surface area (TPSA) is 102 Å². The summed E-state index contributed by atoms with van der Waals surface area (Å²) in [6, 6.07) is 7.90. The number of rotatable bonds is 4. The van der Waals surface area contributed by atoms with Crippen LogP contribution < -0.4 is 5.56 Å². The lowest BCUT2D eigenvalue weighted by atomic mass is 9.96. The maximum absolute atomic E-state index is 12.4. The second-order valence-electron chi connectivity index (χ2n) is 6.78. The van der Waals surface area contributed by atoms with E-state index in [9.17, 15) is 4.79 Å². The van der Waals surface area contributed by atoms with Gasteiger partial charge in [0.05, 0.1) is 11.8 Å². The van der Waals surface area contributed by atoms with Crippen molar-refractivity contribution in [1.82, 2.24) is 30.2 Å². The molecular weight excluding hydrogens is 364 g/mol. The molecule has 27 heavy (non-hydrogen) atoms. The number of aromatic nitrogens is 6. The van der Waals surface area contributed by atoms with Gasteiger partial charge in [-0.3, -0.25) is 4.79 Å². The average molecular weight is 382 g/mol. The zero-order valence-corrected chi connectivity index (χ0v) is 15.4. The van der Waals surface area contributed by atoms with E-state index in [2.05, 4.69) is 25.5 Å². The SMILES string of the molecule is O=c1[nH]c(CSc2nnnn2C2CCCCC2)nc2c1oc1ccccc12. The van der Waals surface area contributed by atoms with Crippen molar-refractivity contribution in [3.05, 3.63) is 40.4 Å². The molecular formula is C18H18N6O2S. The molecule has 9 heteroatoms. The van der Waals surface area contributed by atoms with E-state index >= 15 is 0 Å². The number of furan rings is 1. The number of benzene rings is 1. The largest absolute Gasteiger partial charge is 0.449 e. The summed E-state index contributed by atoms with van der Waals surface area (Å²) in [6.07, 6.45) is 5.94. The summed E-state index contributed by atoms with van der Waals surface area (Å²) in [6.45, 7) is 0. The van der Waals surface area contributed by atoms with E-state index in [0.29, 0.717) is 28.7 Å². The molecule has 1 saturated carbocycles. The molecule has 0 atom stereocenters. The third kappa shape index (κ3) is 3.01. The first-order chi connectivity index (χ1) is 13.3. The molecule has 0 bridgehead atoms. The summed E-state index contributed by atoms with van der Waals surface area (Å²) in [7, 11) is 0. The lowest BCUT2D eigenvalue weighted by molar-refractivity contribution is 0.307. The van der Waals surface area contributed by atoms with Crippen molar-refractivity contribution in [2.24, 2.45) is 0 Å². The number of tetrazole rings is 1. The van der Waals surface area contributed by atoms with Crippen LogP contribution in [0.4, 0.5) is 0 Å². The molecule has 8 nitrogen and oxygen atoms in total. The Bertz CT molecular complexity index is 1160. The minimum absolute atomic E-state index is 0.261. The normalized spacial score (nSPS) is 15.7. The number of hydrogen-bond donors (Lipinski definition) is 1. The highest BCUT2D eigenvalue weighted by Gasteiger charge is 2.21. The number of hydrogen-bond acceptors (Lipinski definition) is 7. The molecule has 0 radical (unpaired) electrons. The Hall–Kier alpha value is -2.68. The summed E-state index contributed by atoms with van der Waals surface area (Å²) in [4.78, 5) is 19.8. The van der Waals surface area contributed by atoms with Crippen molar-refractivity contribution in [3.63, 3.8) is 0 Å². The van der Waals surface area contributed by atoms with E-state index < -0.39 is 0 Å². The summed E-state index contributed by atoms with van der Waals surface area (Å²) < 4.78 is 7.56. The first-order valence-corrected chi connectivity index (χ1v) is 10.1. The van der Waals surface area contributed by atoms with E-state index in [1.807, 2.05) is 28.9 Å². The van der Waals surface area contributed by atoms with Crippen LogP contribution in [-0.4, -0.2) is 30.2 Å². The molecule has 3 aromatic heterocycles. The van der Waals surface area contributed by atoms with Gasteiger partial charge in [-0.1, -0.05) is 43.2 Å². The number of nitrogens with one attached hydrogen (secondary N) is 1. The van der Waals surface area contributed by atoms with Gasteiger partial charge in [-0.2, -0.15) is 0 Å². The van der Waals surface area contributed by atoms with E-state index in [1.54, 1.807) is 0 Å². The first-order valence-electron chi connectivity index (χ1n) is 9.11. The van der Waals surface area contributed by atoms with Crippen LogP contribution in [0.5, 0.6) is 0 Å². The van der Waals surface area contributed by atoms with E-state index in [4.69, 9.17) is 4.42 Å². The minimum Gasteiger partial charge on any atom is -0.449 e. The van der Waals surface area contributed by atoms with E-state index in [-0.39, 0.29) is 11.1 Å². The van der Waals surface area contributed by atoms with Gasteiger partial charge in [0.25, 0.3) is 5.56 Å². The molecule has 1 fully saturated rings. The van der Waals surface area contributed by atoms with Gasteiger partial charge < -0.3 is 9.40 Å². The maximum Gasteiger partial charge on any atom is 0.294 e. The number of fused-ring (bicyclic) bond motifs is 3. The third-order valence-electron chi connectivity index (χ3n) is 5.00. The Morgan fingerprint density at radius 1 is 1.22 bits per heavy atom. The van der Waals surface area contributed by atoms with Crippen molar-refractivity contribution < 1.29 is 4.42 Å². The Morgan fingerprint density at radius 3 is 2.96 bits per heavy atom. The monoisotopic (exact) mass is 382 g/mol. The van der Waals surface area contributed by atoms with Crippen LogP contribution in [0.15, 0.2) is 38.6 Å². The lowest BCUT2D eigenvalue weighted by Crippen LogP contribution is -2.15. The molecule has 1 aliphatic carbocycles.